The Kier molecular flexibility index (Phi) is 3.54. The van der Waals surface area contributed by atoms with Gasteiger partial charge in [0.25, 0.3) is 0 Å². The molecule has 2 rings (SSSR count). The maximum atomic E-state index is 11.3. The Morgan fingerprint density at radius 2 is 2.18 bits per heavy atom. The van der Waals surface area contributed by atoms with Gasteiger partial charge in [-0.25, -0.2) is 0 Å². The molecule has 0 saturated carbocycles. The first-order valence-electron chi connectivity index (χ1n) is 5.19. The summed E-state index contributed by atoms with van der Waals surface area (Å²) in [6, 6.07) is 3.03. The van der Waals surface area contributed by atoms with Crippen LogP contribution in [0.25, 0.3) is 0 Å². The number of amides is 1. The summed E-state index contributed by atoms with van der Waals surface area (Å²) in [7, 11) is 1.68. The molecule has 0 aromatic heterocycles. The number of primary amides is 1. The van der Waals surface area contributed by atoms with Crippen molar-refractivity contribution in [1.29, 1.82) is 0 Å². The molecule has 0 aliphatic carbocycles. The molecule has 6 heteroatoms. The number of rotatable bonds is 3. The fourth-order valence-corrected chi connectivity index (χ4v) is 2.34. The van der Waals surface area contributed by atoms with E-state index in [2.05, 4.69) is 21.2 Å². The number of benzene rings is 1. The zero-order chi connectivity index (χ0) is 12.4. The highest BCUT2D eigenvalue weighted by molar-refractivity contribution is 9.10. The molecule has 1 aliphatic rings. The van der Waals surface area contributed by atoms with E-state index in [-0.39, 0.29) is 0 Å². The van der Waals surface area contributed by atoms with Crippen molar-refractivity contribution < 1.29 is 14.3 Å². The average Bonchev–Trinajstić information content (AvgIpc) is 2.29. The molecule has 0 fully saturated rings. The fraction of sp³-hybridized carbons (Fsp3) is 0.364. The van der Waals surface area contributed by atoms with E-state index in [1.54, 1.807) is 19.2 Å². The van der Waals surface area contributed by atoms with Crippen molar-refractivity contribution >= 4 is 21.8 Å². The molecule has 3 N–H and O–H groups in total. The van der Waals surface area contributed by atoms with Gasteiger partial charge in [0.05, 0.1) is 4.47 Å². The van der Waals surface area contributed by atoms with Gasteiger partial charge in [-0.05, 0) is 40.7 Å². The Bertz CT molecular complexity index is 451. The molecule has 1 unspecified atom stereocenters. The lowest BCUT2D eigenvalue weighted by Crippen LogP contribution is -2.31. The molecule has 1 aliphatic heterocycles. The molecule has 0 saturated heterocycles. The number of hydrogen-bond acceptors (Lipinski definition) is 4. The Morgan fingerprint density at radius 1 is 1.47 bits per heavy atom. The van der Waals surface area contributed by atoms with Crippen molar-refractivity contribution in [2.24, 2.45) is 5.73 Å². The summed E-state index contributed by atoms with van der Waals surface area (Å²) in [6.07, 6.45) is 0. The number of fused-ring (bicyclic) bond motifs is 1. The fourth-order valence-electron chi connectivity index (χ4n) is 1.77. The summed E-state index contributed by atoms with van der Waals surface area (Å²) in [4.78, 5) is 11.3. The Hall–Kier alpha value is -1.27. The van der Waals surface area contributed by atoms with E-state index >= 15 is 0 Å². The predicted octanol–water partition coefficient (Wildman–Crippen LogP) is 0.966. The summed E-state index contributed by atoms with van der Waals surface area (Å²) in [5, 5.41) is 2.86. The SMILES string of the molecule is CNC(C(N)=O)c1cc(Br)c2c(c1)OCCO2. The van der Waals surface area contributed by atoms with Crippen molar-refractivity contribution in [3.05, 3.63) is 22.2 Å². The van der Waals surface area contributed by atoms with E-state index in [0.717, 1.165) is 10.0 Å². The quantitative estimate of drug-likeness (QED) is 0.872. The summed E-state index contributed by atoms with van der Waals surface area (Å²) >= 11 is 3.39. The topological polar surface area (TPSA) is 73.6 Å². The molecule has 1 amide bonds. The van der Waals surface area contributed by atoms with Crippen LogP contribution in [-0.2, 0) is 4.79 Å². The van der Waals surface area contributed by atoms with Crippen LogP contribution in [-0.4, -0.2) is 26.2 Å². The van der Waals surface area contributed by atoms with Gasteiger partial charge in [0.2, 0.25) is 5.91 Å². The lowest BCUT2D eigenvalue weighted by Gasteiger charge is -2.22. The molecule has 0 spiro atoms. The third kappa shape index (κ3) is 2.37. The third-order valence-electron chi connectivity index (χ3n) is 2.53. The molecule has 1 atom stereocenters. The van der Waals surface area contributed by atoms with Gasteiger partial charge in [-0.1, -0.05) is 0 Å². The number of carbonyl (C=O) groups excluding carboxylic acids is 1. The van der Waals surface area contributed by atoms with E-state index in [0.29, 0.717) is 24.7 Å². The number of halogens is 1. The second-order valence-electron chi connectivity index (χ2n) is 3.65. The molecule has 1 aromatic rings. The van der Waals surface area contributed by atoms with Crippen LogP contribution in [0.3, 0.4) is 0 Å². The van der Waals surface area contributed by atoms with Gasteiger partial charge >= 0.3 is 0 Å². The van der Waals surface area contributed by atoms with E-state index < -0.39 is 11.9 Å². The standard InChI is InChI=1S/C11H13BrN2O3/c1-14-9(11(13)15)6-4-7(12)10-8(5-6)16-2-3-17-10/h4-5,9,14H,2-3H2,1H3,(H2,13,15). The zero-order valence-corrected chi connectivity index (χ0v) is 10.9. The van der Waals surface area contributed by atoms with Gasteiger partial charge in [0, 0.05) is 0 Å². The van der Waals surface area contributed by atoms with Crippen molar-refractivity contribution in [1.82, 2.24) is 5.32 Å². The van der Waals surface area contributed by atoms with E-state index in [9.17, 15) is 4.79 Å². The Balaban J connectivity index is 2.42. The molecular weight excluding hydrogens is 288 g/mol. The highest BCUT2D eigenvalue weighted by Crippen LogP contribution is 2.39. The normalized spacial score (nSPS) is 15.4. The van der Waals surface area contributed by atoms with Gasteiger partial charge in [-0.15, -0.1) is 0 Å². The molecule has 1 heterocycles. The average molecular weight is 301 g/mol. The molecule has 1 aromatic carbocycles. The Morgan fingerprint density at radius 3 is 2.82 bits per heavy atom. The summed E-state index contributed by atoms with van der Waals surface area (Å²) < 4.78 is 11.7. The molecule has 5 nitrogen and oxygen atoms in total. The number of hydrogen-bond donors (Lipinski definition) is 2. The minimum Gasteiger partial charge on any atom is -0.486 e. The van der Waals surface area contributed by atoms with Crippen molar-refractivity contribution in [3.8, 4) is 11.5 Å². The molecular formula is C11H13BrN2O3. The van der Waals surface area contributed by atoms with Gasteiger partial charge < -0.3 is 20.5 Å². The smallest absolute Gasteiger partial charge is 0.239 e. The largest absolute Gasteiger partial charge is 0.486 e. The first-order valence-corrected chi connectivity index (χ1v) is 5.98. The molecule has 17 heavy (non-hydrogen) atoms. The molecule has 0 bridgehead atoms. The summed E-state index contributed by atoms with van der Waals surface area (Å²) in [5.41, 5.74) is 6.06. The van der Waals surface area contributed by atoms with Crippen LogP contribution in [0.15, 0.2) is 16.6 Å². The second-order valence-corrected chi connectivity index (χ2v) is 4.51. The van der Waals surface area contributed by atoms with Crippen molar-refractivity contribution in [2.45, 2.75) is 6.04 Å². The summed E-state index contributed by atoms with van der Waals surface area (Å²) in [5.74, 6) is 0.859. The lowest BCUT2D eigenvalue weighted by molar-refractivity contribution is -0.120. The number of nitrogens with one attached hydrogen (secondary N) is 1. The van der Waals surface area contributed by atoms with Crippen LogP contribution in [0, 0.1) is 0 Å². The van der Waals surface area contributed by atoms with Crippen LogP contribution in [0.1, 0.15) is 11.6 Å². The predicted molar refractivity (Wildman–Crippen MR) is 66.1 cm³/mol. The monoisotopic (exact) mass is 300 g/mol. The summed E-state index contributed by atoms with van der Waals surface area (Å²) in [6.45, 7) is 1.03. The highest BCUT2D eigenvalue weighted by Gasteiger charge is 2.22. The maximum Gasteiger partial charge on any atom is 0.239 e. The maximum absolute atomic E-state index is 11.3. The minimum absolute atomic E-state index is 0.434. The Labute approximate surface area is 107 Å². The van der Waals surface area contributed by atoms with E-state index in [4.69, 9.17) is 15.2 Å². The van der Waals surface area contributed by atoms with E-state index in [1.165, 1.54) is 0 Å². The zero-order valence-electron chi connectivity index (χ0n) is 9.33. The number of carbonyl (C=O) groups is 1. The number of nitrogens with two attached hydrogens (primary N) is 1. The van der Waals surface area contributed by atoms with Gasteiger partial charge in [0.1, 0.15) is 19.3 Å². The third-order valence-corrected chi connectivity index (χ3v) is 3.11. The second kappa shape index (κ2) is 4.93. The molecule has 0 radical (unpaired) electrons. The van der Waals surface area contributed by atoms with Crippen LogP contribution >= 0.6 is 15.9 Å². The van der Waals surface area contributed by atoms with Gasteiger partial charge in [-0.3, -0.25) is 4.79 Å². The number of ether oxygens (including phenoxy) is 2. The lowest BCUT2D eigenvalue weighted by atomic mass is 10.1. The van der Waals surface area contributed by atoms with Gasteiger partial charge in [0.15, 0.2) is 11.5 Å². The van der Waals surface area contributed by atoms with Crippen LogP contribution in [0.2, 0.25) is 0 Å². The van der Waals surface area contributed by atoms with E-state index in [1.807, 2.05) is 0 Å². The molecule has 92 valence electrons. The first kappa shape index (κ1) is 12.2. The van der Waals surface area contributed by atoms with Crippen molar-refractivity contribution in [2.75, 3.05) is 20.3 Å². The van der Waals surface area contributed by atoms with Crippen LogP contribution in [0.4, 0.5) is 0 Å². The number of likely N-dealkylation sites (N-methyl/N-ethyl adjacent to an activating group) is 1. The van der Waals surface area contributed by atoms with Crippen LogP contribution in [0.5, 0.6) is 11.5 Å². The van der Waals surface area contributed by atoms with Crippen molar-refractivity contribution in [3.63, 3.8) is 0 Å². The minimum atomic E-state index is -0.540. The van der Waals surface area contributed by atoms with Crippen LogP contribution < -0.4 is 20.5 Å². The van der Waals surface area contributed by atoms with Gasteiger partial charge in [-0.2, -0.15) is 0 Å². The first-order chi connectivity index (χ1) is 8.13. The highest BCUT2D eigenvalue weighted by atomic mass is 79.9.